The molecule has 282 valence electrons. The molecule has 10 rings (SSSR count). The molecule has 0 unspecified atom stereocenters. The Balaban J connectivity index is 1.09. The number of rotatable bonds is 9. The number of aromatic nitrogens is 5. The second-order valence-corrected chi connectivity index (χ2v) is 14.5. The van der Waals surface area contributed by atoms with Crippen LogP contribution in [0.5, 0.6) is 0 Å². The Morgan fingerprint density at radius 1 is 0.217 bits per heavy atom. The minimum atomic E-state index is 0.568. The number of hydrogen-bond acceptors (Lipinski definition) is 5. The zero-order valence-corrected chi connectivity index (χ0v) is 32.6. The van der Waals surface area contributed by atoms with Gasteiger partial charge in [0, 0.05) is 40.2 Å². The average molecular weight is 768 g/mol. The van der Waals surface area contributed by atoms with E-state index < -0.39 is 0 Å². The van der Waals surface area contributed by atoms with Crippen molar-refractivity contribution in [2.24, 2.45) is 0 Å². The van der Waals surface area contributed by atoms with Crippen LogP contribution in [0.4, 0.5) is 0 Å². The number of hydrogen-bond donors (Lipinski definition) is 0. The minimum absolute atomic E-state index is 0.568. The lowest BCUT2D eigenvalue weighted by molar-refractivity contribution is 1.07. The fraction of sp³-hybridized carbons (Fsp3) is 0. The maximum atomic E-state index is 5.23. The van der Waals surface area contributed by atoms with Gasteiger partial charge < -0.3 is 0 Å². The minimum Gasteiger partial charge on any atom is -0.256 e. The molecule has 0 saturated carbocycles. The van der Waals surface area contributed by atoms with Gasteiger partial charge in [-0.2, -0.15) is 0 Å². The second-order valence-electron chi connectivity index (χ2n) is 14.5. The van der Waals surface area contributed by atoms with Crippen LogP contribution in [0.2, 0.25) is 0 Å². The molecule has 0 saturated heterocycles. The first kappa shape index (κ1) is 36.2. The van der Waals surface area contributed by atoms with Crippen LogP contribution in [0.3, 0.4) is 0 Å². The van der Waals surface area contributed by atoms with Gasteiger partial charge in [-0.05, 0) is 80.9 Å². The smallest absolute Gasteiger partial charge is 0.164 e. The first-order valence-corrected chi connectivity index (χ1v) is 20.0. The monoisotopic (exact) mass is 767 g/mol. The first-order chi connectivity index (χ1) is 29.7. The van der Waals surface area contributed by atoms with Crippen LogP contribution < -0.4 is 0 Å². The summed E-state index contributed by atoms with van der Waals surface area (Å²) in [6.07, 6.45) is 3.65. The van der Waals surface area contributed by atoms with Gasteiger partial charge in [0.15, 0.2) is 17.5 Å². The molecule has 60 heavy (non-hydrogen) atoms. The van der Waals surface area contributed by atoms with E-state index in [4.69, 9.17) is 19.9 Å². The van der Waals surface area contributed by atoms with Crippen molar-refractivity contribution >= 4 is 0 Å². The summed E-state index contributed by atoms with van der Waals surface area (Å²) in [6.45, 7) is 0. The predicted molar refractivity (Wildman–Crippen MR) is 244 cm³/mol. The maximum absolute atomic E-state index is 5.23. The highest BCUT2D eigenvalue weighted by Gasteiger charge is 2.18. The highest BCUT2D eigenvalue weighted by atomic mass is 15.0. The molecule has 0 fully saturated rings. The summed E-state index contributed by atoms with van der Waals surface area (Å²) in [6, 6.07) is 73.3. The van der Waals surface area contributed by atoms with Gasteiger partial charge in [-0.1, -0.05) is 176 Å². The molecular weight excluding hydrogens is 731 g/mol. The number of benzene rings is 7. The lowest BCUT2D eigenvalue weighted by Crippen LogP contribution is -2.02. The largest absolute Gasteiger partial charge is 0.256 e. The molecule has 0 N–H and O–H groups in total. The van der Waals surface area contributed by atoms with Gasteiger partial charge in [-0.25, -0.2) is 15.0 Å². The predicted octanol–water partition coefficient (Wildman–Crippen LogP) is 13.7. The van der Waals surface area contributed by atoms with Gasteiger partial charge in [0.05, 0.1) is 11.4 Å². The van der Waals surface area contributed by atoms with Crippen molar-refractivity contribution in [1.29, 1.82) is 0 Å². The van der Waals surface area contributed by atoms with Crippen LogP contribution in [0.1, 0.15) is 0 Å². The van der Waals surface area contributed by atoms with Gasteiger partial charge in [0.2, 0.25) is 0 Å². The summed E-state index contributed by atoms with van der Waals surface area (Å²) in [5.41, 5.74) is 15.4. The summed E-state index contributed by atoms with van der Waals surface area (Å²) >= 11 is 0. The summed E-state index contributed by atoms with van der Waals surface area (Å²) in [5, 5.41) is 0. The Labute approximate surface area is 349 Å². The third-order valence-corrected chi connectivity index (χ3v) is 10.7. The van der Waals surface area contributed by atoms with E-state index in [2.05, 4.69) is 169 Å². The normalized spacial score (nSPS) is 11.0. The maximum Gasteiger partial charge on any atom is 0.164 e. The zero-order chi connectivity index (χ0) is 40.1. The highest BCUT2D eigenvalue weighted by molar-refractivity contribution is 5.86. The van der Waals surface area contributed by atoms with E-state index >= 15 is 0 Å². The van der Waals surface area contributed by atoms with Crippen molar-refractivity contribution in [2.75, 3.05) is 0 Å². The number of pyridine rings is 2. The van der Waals surface area contributed by atoms with Crippen LogP contribution in [0.15, 0.2) is 225 Å². The van der Waals surface area contributed by atoms with Gasteiger partial charge in [-0.3, -0.25) is 9.97 Å². The van der Waals surface area contributed by atoms with E-state index in [9.17, 15) is 0 Å². The van der Waals surface area contributed by atoms with E-state index in [-0.39, 0.29) is 0 Å². The SMILES string of the molecule is c1ccc(-c2ccc(-c3nc(-c4ccc(-c5ccccc5)cc4)nc(-c4cc(-c5cccc(-c6ccc(-c7ccccn7)cc6)c5)ccc4-c4ccccn4)n3)cc2)cc1. The van der Waals surface area contributed by atoms with Crippen molar-refractivity contribution in [3.05, 3.63) is 225 Å². The molecule has 0 amide bonds. The molecule has 5 heteroatoms. The van der Waals surface area contributed by atoms with Crippen LogP contribution in [0, 0.1) is 0 Å². The summed E-state index contributed by atoms with van der Waals surface area (Å²) in [4.78, 5) is 24.9. The molecule has 0 aliphatic rings. The van der Waals surface area contributed by atoms with Crippen molar-refractivity contribution < 1.29 is 0 Å². The molecule has 0 radical (unpaired) electrons. The molecule has 0 spiro atoms. The first-order valence-electron chi connectivity index (χ1n) is 20.0. The van der Waals surface area contributed by atoms with Gasteiger partial charge in [0.25, 0.3) is 0 Å². The molecular formula is C55H37N5. The zero-order valence-electron chi connectivity index (χ0n) is 32.6. The third kappa shape index (κ3) is 7.63. The average Bonchev–Trinajstić information content (AvgIpc) is 3.35. The van der Waals surface area contributed by atoms with E-state index in [1.54, 1.807) is 0 Å². The van der Waals surface area contributed by atoms with E-state index in [0.29, 0.717) is 17.5 Å². The summed E-state index contributed by atoms with van der Waals surface area (Å²) in [7, 11) is 0. The van der Waals surface area contributed by atoms with Crippen LogP contribution >= 0.6 is 0 Å². The molecule has 0 bridgehead atoms. The van der Waals surface area contributed by atoms with Crippen molar-refractivity contribution in [3.63, 3.8) is 0 Å². The second kappa shape index (κ2) is 16.4. The lowest BCUT2D eigenvalue weighted by atomic mass is 9.94. The fourth-order valence-corrected chi connectivity index (χ4v) is 7.54. The lowest BCUT2D eigenvalue weighted by Gasteiger charge is -2.14. The number of nitrogens with zero attached hydrogens (tertiary/aromatic N) is 5. The Hall–Kier alpha value is -8.15. The van der Waals surface area contributed by atoms with Crippen LogP contribution in [-0.4, -0.2) is 24.9 Å². The Morgan fingerprint density at radius 3 is 1.13 bits per heavy atom. The molecule has 7 aromatic carbocycles. The van der Waals surface area contributed by atoms with E-state index in [1.807, 2.05) is 60.9 Å². The standard InChI is InChI=1S/C55H37N5/c1-3-12-38(13-4-1)40-22-28-44(29-23-40)53-58-54(45-30-24-41(25-31-45)39-14-5-2-6-15-39)60-55(59-53)50-37-48(32-33-49(50)52-19-8-10-35-57-52)47-17-11-16-46(36-47)42-20-26-43(27-21-42)51-18-7-9-34-56-51/h1-37H. The summed E-state index contributed by atoms with van der Waals surface area (Å²) < 4.78 is 0. The molecule has 3 aromatic heterocycles. The van der Waals surface area contributed by atoms with Crippen molar-refractivity contribution in [1.82, 2.24) is 24.9 Å². The van der Waals surface area contributed by atoms with Gasteiger partial charge in [0.1, 0.15) is 0 Å². The highest BCUT2D eigenvalue weighted by Crippen LogP contribution is 2.37. The Morgan fingerprint density at radius 2 is 0.600 bits per heavy atom. The summed E-state index contributed by atoms with van der Waals surface area (Å²) in [5.74, 6) is 1.75. The molecule has 0 aliphatic heterocycles. The third-order valence-electron chi connectivity index (χ3n) is 10.7. The van der Waals surface area contributed by atoms with Crippen molar-refractivity contribution in [3.8, 4) is 101 Å². The Kier molecular flexibility index (Phi) is 9.88. The topological polar surface area (TPSA) is 64.5 Å². The van der Waals surface area contributed by atoms with Gasteiger partial charge >= 0.3 is 0 Å². The Bertz CT molecular complexity index is 2920. The van der Waals surface area contributed by atoms with Crippen LogP contribution in [0.25, 0.3) is 101 Å². The van der Waals surface area contributed by atoms with E-state index in [1.165, 1.54) is 0 Å². The molecule has 3 heterocycles. The molecule has 0 aliphatic carbocycles. The van der Waals surface area contributed by atoms with Gasteiger partial charge in [-0.15, -0.1) is 0 Å². The fourth-order valence-electron chi connectivity index (χ4n) is 7.54. The quantitative estimate of drug-likeness (QED) is 0.146. The molecule has 5 nitrogen and oxygen atoms in total. The van der Waals surface area contributed by atoms with E-state index in [0.717, 1.165) is 83.7 Å². The van der Waals surface area contributed by atoms with Crippen LogP contribution in [-0.2, 0) is 0 Å². The van der Waals surface area contributed by atoms with Crippen molar-refractivity contribution in [2.45, 2.75) is 0 Å². The molecule has 10 aromatic rings. The molecule has 0 atom stereocenters.